The number of hydrogen-bond donors (Lipinski definition) is 3. The first-order valence-electron chi connectivity index (χ1n) is 17.5. The van der Waals surface area contributed by atoms with Crippen molar-refractivity contribution in [1.29, 1.82) is 0 Å². The number of aromatic amines is 1. The lowest BCUT2D eigenvalue weighted by Crippen LogP contribution is -2.34. The van der Waals surface area contributed by atoms with Crippen LogP contribution < -0.4 is 15.4 Å². The first-order chi connectivity index (χ1) is 23.6. The molecule has 2 aromatic heterocycles. The molecule has 8 heteroatoms. The minimum atomic E-state index is -0.274. The number of ketones is 1. The van der Waals surface area contributed by atoms with Crippen LogP contribution in [-0.2, 0) is 11.2 Å². The molecule has 0 aliphatic heterocycles. The van der Waals surface area contributed by atoms with E-state index >= 15 is 0 Å². The highest BCUT2D eigenvalue weighted by molar-refractivity contribution is 6.09. The van der Waals surface area contributed by atoms with Gasteiger partial charge < -0.3 is 25.1 Å². The van der Waals surface area contributed by atoms with Crippen LogP contribution in [0.15, 0.2) is 79.3 Å². The fourth-order valence-corrected chi connectivity index (χ4v) is 5.67. The number of fused-ring (bicyclic) bond motifs is 3. The van der Waals surface area contributed by atoms with E-state index in [1.54, 1.807) is 18.2 Å². The zero-order valence-electron chi connectivity index (χ0n) is 30.0. The number of allylic oxidation sites excluding steroid dienone is 2. The summed E-state index contributed by atoms with van der Waals surface area (Å²) in [4.78, 5) is 42.3. The molecule has 0 bridgehead atoms. The largest absolute Gasteiger partial charge is 0.493 e. The van der Waals surface area contributed by atoms with Crippen molar-refractivity contribution in [3.8, 4) is 5.75 Å². The topological polar surface area (TPSA) is 113 Å². The van der Waals surface area contributed by atoms with E-state index in [0.29, 0.717) is 29.4 Å². The molecule has 0 fully saturated rings. The summed E-state index contributed by atoms with van der Waals surface area (Å²) in [6, 6.07) is 13.8. The molecule has 0 aliphatic rings. The minimum absolute atomic E-state index is 0.0514. The average molecular weight is 667 g/mol. The maximum absolute atomic E-state index is 13.3. The van der Waals surface area contributed by atoms with Gasteiger partial charge in [0.1, 0.15) is 12.0 Å². The van der Waals surface area contributed by atoms with E-state index in [-0.39, 0.29) is 17.7 Å². The number of rotatable bonds is 19. The van der Waals surface area contributed by atoms with Gasteiger partial charge >= 0.3 is 0 Å². The van der Waals surface area contributed by atoms with Gasteiger partial charge in [-0.15, -0.1) is 0 Å². The summed E-state index contributed by atoms with van der Waals surface area (Å²) < 4.78 is 6.07. The number of ether oxygens (including phenoxy) is 1. The highest BCUT2D eigenvalue weighted by Crippen LogP contribution is 2.27. The van der Waals surface area contributed by atoms with Gasteiger partial charge in [-0.1, -0.05) is 56.8 Å². The Morgan fingerprint density at radius 2 is 1.80 bits per heavy atom. The van der Waals surface area contributed by atoms with Crippen LogP contribution in [0.25, 0.3) is 21.8 Å². The first-order valence-corrected chi connectivity index (χ1v) is 17.5. The molecule has 0 radical (unpaired) electrons. The lowest BCUT2D eigenvalue weighted by molar-refractivity contribution is -0.106. The van der Waals surface area contributed by atoms with Crippen LogP contribution in [0.3, 0.4) is 0 Å². The molecule has 2 unspecified atom stereocenters. The van der Waals surface area contributed by atoms with E-state index in [2.05, 4.69) is 65.8 Å². The van der Waals surface area contributed by atoms with Gasteiger partial charge in [0.15, 0.2) is 5.78 Å². The second-order valence-corrected chi connectivity index (χ2v) is 12.7. The van der Waals surface area contributed by atoms with Crippen molar-refractivity contribution in [1.82, 2.24) is 20.6 Å². The van der Waals surface area contributed by atoms with Crippen LogP contribution in [0.1, 0.15) is 106 Å². The predicted molar refractivity (Wildman–Crippen MR) is 201 cm³/mol. The highest BCUT2D eigenvalue weighted by Gasteiger charge is 2.21. The van der Waals surface area contributed by atoms with E-state index in [1.807, 2.05) is 25.4 Å². The number of amides is 1. The summed E-state index contributed by atoms with van der Waals surface area (Å²) in [5.41, 5.74) is 6.45. The van der Waals surface area contributed by atoms with Gasteiger partial charge in [0.25, 0.3) is 5.91 Å². The number of pyridine rings is 1. The zero-order chi connectivity index (χ0) is 35.8. The first kappa shape index (κ1) is 38.7. The smallest absolute Gasteiger partial charge is 0.255 e. The van der Waals surface area contributed by atoms with Gasteiger partial charge in [0, 0.05) is 58.0 Å². The Morgan fingerprint density at radius 1 is 1.02 bits per heavy atom. The van der Waals surface area contributed by atoms with Crippen molar-refractivity contribution in [2.75, 3.05) is 13.2 Å². The Balaban J connectivity index is 0.00000209. The van der Waals surface area contributed by atoms with E-state index in [9.17, 15) is 9.59 Å². The van der Waals surface area contributed by atoms with Crippen LogP contribution in [0.5, 0.6) is 5.75 Å². The summed E-state index contributed by atoms with van der Waals surface area (Å²) in [5.74, 6) is 0.488. The number of unbranched alkanes of at least 4 members (excludes halogenated alkanes) is 2. The van der Waals surface area contributed by atoms with Crippen molar-refractivity contribution in [2.24, 2.45) is 5.92 Å². The van der Waals surface area contributed by atoms with Gasteiger partial charge in [-0.05, 0) is 102 Å². The number of nitrogens with one attached hydrogen (secondary N) is 3. The maximum atomic E-state index is 13.3. The highest BCUT2D eigenvalue weighted by atomic mass is 16.5. The lowest BCUT2D eigenvalue weighted by atomic mass is 9.94. The molecule has 2 heterocycles. The van der Waals surface area contributed by atoms with Crippen LogP contribution in [-0.4, -0.2) is 47.1 Å². The average Bonchev–Trinajstić information content (AvgIpc) is 3.46. The monoisotopic (exact) mass is 666 g/mol. The minimum Gasteiger partial charge on any atom is -0.493 e. The Labute approximate surface area is 291 Å². The van der Waals surface area contributed by atoms with E-state index < -0.39 is 0 Å². The predicted octanol–water partition coefficient (Wildman–Crippen LogP) is 8.91. The number of nitrogens with zero attached hydrogens (tertiary/aromatic N) is 1. The third kappa shape index (κ3) is 11.7. The third-order valence-corrected chi connectivity index (χ3v) is 8.85. The van der Waals surface area contributed by atoms with Gasteiger partial charge in [0.05, 0.1) is 12.2 Å². The van der Waals surface area contributed by atoms with Crippen molar-refractivity contribution >= 4 is 39.8 Å². The number of Topliss-reactive ketones (excluding diaryl/α,β-unsaturated/α-hetero) is 1. The quantitative estimate of drug-likeness (QED) is 0.0399. The molecule has 2 atom stereocenters. The van der Waals surface area contributed by atoms with Crippen LogP contribution in [0, 0.1) is 5.92 Å². The molecule has 2 aromatic carbocycles. The molecule has 0 aliphatic carbocycles. The molecule has 0 saturated carbocycles. The Hall–Kier alpha value is -4.72. The van der Waals surface area contributed by atoms with Crippen LogP contribution in [0.2, 0.25) is 0 Å². The van der Waals surface area contributed by atoms with E-state index in [0.717, 1.165) is 86.3 Å². The Morgan fingerprint density at radius 3 is 2.53 bits per heavy atom. The molecule has 3 N–H and O–H groups in total. The number of benzene rings is 2. The second kappa shape index (κ2) is 19.9. The molecule has 4 aromatic rings. The van der Waals surface area contributed by atoms with Crippen LogP contribution >= 0.6 is 0 Å². The van der Waals surface area contributed by atoms with E-state index in [1.165, 1.54) is 30.4 Å². The summed E-state index contributed by atoms with van der Waals surface area (Å²) in [7, 11) is 0. The lowest BCUT2D eigenvalue weighted by Gasteiger charge is -2.19. The summed E-state index contributed by atoms with van der Waals surface area (Å²) in [5, 5.41) is 8.88. The molecule has 0 saturated heterocycles. The fourth-order valence-electron chi connectivity index (χ4n) is 5.67. The normalized spacial score (nSPS) is 12.0. The van der Waals surface area contributed by atoms with Gasteiger partial charge in [0.2, 0.25) is 0 Å². The molecule has 4 rings (SSSR count). The van der Waals surface area contributed by atoms with Crippen LogP contribution in [0.4, 0.5) is 0 Å². The van der Waals surface area contributed by atoms with E-state index in [4.69, 9.17) is 9.53 Å². The second-order valence-electron chi connectivity index (χ2n) is 12.7. The number of H-pyrrole nitrogens is 1. The number of hydrogen-bond acceptors (Lipinski definition) is 6. The number of aldehydes is 1. The molecule has 49 heavy (non-hydrogen) atoms. The zero-order valence-corrected chi connectivity index (χ0v) is 30.0. The summed E-state index contributed by atoms with van der Waals surface area (Å²) in [6.07, 6.45) is 11.8. The molecular formula is C41H54N4O4. The third-order valence-electron chi connectivity index (χ3n) is 8.85. The standard InChI is InChI=1S/C39H50N4O3.C2H4O/c1-7-26(2)27(3)14-15-29(5)42-39(45)38-32(30(6)44)12-11-13-37(38)46-23-10-8-9-21-41-28(4)16-17-31-18-19-33-34-25-40-22-20-35(34)43-36(33)24-31;1-2-3/h11-13,18-20,22,24-26,29,41,43H,3-4,7-10,14-17,21,23H2,1-2,5-6H3,(H,42,45);2H,1H3. The van der Waals surface area contributed by atoms with Crippen molar-refractivity contribution < 1.29 is 19.1 Å². The number of carbonyl (C=O) groups is 3. The Bertz CT molecular complexity index is 1720. The molecule has 262 valence electrons. The Kier molecular flexibility index (Phi) is 15.8. The summed E-state index contributed by atoms with van der Waals surface area (Å²) >= 11 is 0. The molecule has 1 amide bonds. The van der Waals surface area contributed by atoms with Crippen molar-refractivity contribution in [3.63, 3.8) is 0 Å². The van der Waals surface area contributed by atoms with Crippen molar-refractivity contribution in [3.05, 3.63) is 96.0 Å². The SMILES string of the molecule is C=C(CCc1ccc2c(c1)[nH]c1ccncc12)NCCCCCOc1cccc(C(C)=O)c1C(=O)NC(C)CCC(=C)C(C)CC.CC=O. The maximum Gasteiger partial charge on any atom is 0.255 e. The van der Waals surface area contributed by atoms with Gasteiger partial charge in [-0.2, -0.15) is 0 Å². The molecule has 0 spiro atoms. The summed E-state index contributed by atoms with van der Waals surface area (Å²) in [6.45, 7) is 19.0. The van der Waals surface area contributed by atoms with Gasteiger partial charge in [-0.25, -0.2) is 0 Å². The van der Waals surface area contributed by atoms with Crippen molar-refractivity contribution in [2.45, 2.75) is 92.0 Å². The molecular weight excluding hydrogens is 612 g/mol. The number of aryl methyl sites for hydroxylation is 1. The number of carbonyl (C=O) groups excluding carboxylic acids is 3. The fraction of sp³-hybridized carbons (Fsp3) is 0.415. The van der Waals surface area contributed by atoms with Gasteiger partial charge in [-0.3, -0.25) is 14.6 Å². The molecule has 8 nitrogen and oxygen atoms in total. The number of aromatic nitrogens is 2.